The van der Waals surface area contributed by atoms with Crippen LogP contribution in [0.4, 0.5) is 4.79 Å². The van der Waals surface area contributed by atoms with Gasteiger partial charge in [0.05, 0.1) is 6.61 Å². The van der Waals surface area contributed by atoms with Crippen molar-refractivity contribution >= 4 is 28.7 Å². The zero-order valence-electron chi connectivity index (χ0n) is 10.3. The van der Waals surface area contributed by atoms with E-state index in [9.17, 15) is 4.79 Å². The molecular weight excluding hydrogens is 317 g/mol. The van der Waals surface area contributed by atoms with Crippen LogP contribution >= 0.6 is 22.6 Å². The van der Waals surface area contributed by atoms with E-state index in [4.69, 9.17) is 4.74 Å². The summed E-state index contributed by atoms with van der Waals surface area (Å²) in [4.78, 5) is 10.7. The molecule has 0 aromatic carbocycles. The molecule has 0 radical (unpaired) electrons. The standard InChI is InChI=1S/C12H24INO2/c1-14-12(15)16-11-9-7-5-3-2-4-6-8-10-13/h2-11H2,1H3,(H,14,15). The maximum Gasteiger partial charge on any atom is 0.406 e. The molecule has 3 nitrogen and oxygen atoms in total. The molecule has 4 heteroatoms. The topological polar surface area (TPSA) is 38.3 Å². The molecule has 0 aromatic heterocycles. The number of carbonyl (C=O) groups excluding carboxylic acids is 1. The smallest absolute Gasteiger partial charge is 0.406 e. The van der Waals surface area contributed by atoms with Crippen molar-refractivity contribution in [2.75, 3.05) is 18.1 Å². The molecular formula is C12H24INO2. The van der Waals surface area contributed by atoms with Crippen molar-refractivity contribution in [1.29, 1.82) is 0 Å². The fourth-order valence-corrected chi connectivity index (χ4v) is 2.03. The zero-order valence-corrected chi connectivity index (χ0v) is 12.4. The van der Waals surface area contributed by atoms with Crippen LogP contribution in [0.2, 0.25) is 0 Å². The van der Waals surface area contributed by atoms with Crippen molar-refractivity contribution < 1.29 is 9.53 Å². The Morgan fingerprint density at radius 3 is 2.00 bits per heavy atom. The third kappa shape index (κ3) is 12.1. The third-order valence-corrected chi connectivity index (χ3v) is 3.23. The van der Waals surface area contributed by atoms with Gasteiger partial charge in [-0.3, -0.25) is 0 Å². The maximum absolute atomic E-state index is 10.7. The van der Waals surface area contributed by atoms with Crippen LogP contribution in [-0.4, -0.2) is 24.2 Å². The quantitative estimate of drug-likeness (QED) is 0.372. The largest absolute Gasteiger partial charge is 0.450 e. The molecule has 0 fully saturated rings. The van der Waals surface area contributed by atoms with Crippen LogP contribution < -0.4 is 5.32 Å². The second-order valence-electron chi connectivity index (χ2n) is 3.90. The van der Waals surface area contributed by atoms with E-state index in [1.165, 1.54) is 49.4 Å². The maximum atomic E-state index is 10.7. The van der Waals surface area contributed by atoms with E-state index in [1.54, 1.807) is 7.05 Å². The highest BCUT2D eigenvalue weighted by atomic mass is 127. The summed E-state index contributed by atoms with van der Waals surface area (Å²) in [7, 11) is 1.58. The number of hydrogen-bond acceptors (Lipinski definition) is 2. The van der Waals surface area contributed by atoms with Gasteiger partial charge < -0.3 is 10.1 Å². The monoisotopic (exact) mass is 341 g/mol. The number of ether oxygens (including phenoxy) is 1. The first kappa shape index (κ1) is 16.0. The van der Waals surface area contributed by atoms with Crippen LogP contribution in [0.5, 0.6) is 0 Å². The number of carbonyl (C=O) groups is 1. The molecule has 0 saturated carbocycles. The summed E-state index contributed by atoms with van der Waals surface area (Å²) in [6.07, 6.45) is 9.89. The molecule has 96 valence electrons. The van der Waals surface area contributed by atoms with Gasteiger partial charge >= 0.3 is 6.09 Å². The lowest BCUT2D eigenvalue weighted by atomic mass is 10.1. The Morgan fingerprint density at radius 1 is 1.00 bits per heavy atom. The van der Waals surface area contributed by atoms with E-state index < -0.39 is 0 Å². The number of amides is 1. The van der Waals surface area contributed by atoms with Crippen molar-refractivity contribution in [2.45, 2.75) is 51.4 Å². The fourth-order valence-electron chi connectivity index (χ4n) is 1.49. The Morgan fingerprint density at radius 2 is 1.50 bits per heavy atom. The molecule has 0 spiro atoms. The number of alkyl carbamates (subject to hydrolysis) is 1. The predicted molar refractivity (Wildman–Crippen MR) is 76.2 cm³/mol. The highest BCUT2D eigenvalue weighted by Gasteiger charge is 1.96. The van der Waals surface area contributed by atoms with Crippen LogP contribution in [-0.2, 0) is 4.74 Å². The Labute approximate surface area is 113 Å². The predicted octanol–water partition coefficient (Wildman–Crippen LogP) is 3.90. The summed E-state index contributed by atoms with van der Waals surface area (Å²) >= 11 is 2.43. The van der Waals surface area contributed by atoms with Gasteiger partial charge in [0.1, 0.15) is 0 Å². The van der Waals surface area contributed by atoms with Crippen molar-refractivity contribution in [3.63, 3.8) is 0 Å². The van der Waals surface area contributed by atoms with E-state index in [1.807, 2.05) is 0 Å². The fraction of sp³-hybridized carbons (Fsp3) is 0.917. The molecule has 1 N–H and O–H groups in total. The summed E-state index contributed by atoms with van der Waals surface area (Å²) < 4.78 is 6.19. The molecule has 0 saturated heterocycles. The first-order chi connectivity index (χ1) is 7.81. The zero-order chi connectivity index (χ0) is 12.1. The minimum atomic E-state index is -0.321. The molecule has 0 aromatic rings. The van der Waals surface area contributed by atoms with E-state index in [-0.39, 0.29) is 6.09 Å². The molecule has 16 heavy (non-hydrogen) atoms. The number of nitrogens with one attached hydrogen (secondary N) is 1. The SMILES string of the molecule is CNC(=O)OCCCCCCCCCCI. The van der Waals surface area contributed by atoms with Crippen LogP contribution in [0.3, 0.4) is 0 Å². The molecule has 0 unspecified atom stereocenters. The lowest BCUT2D eigenvalue weighted by molar-refractivity contribution is 0.146. The number of halogens is 1. The van der Waals surface area contributed by atoms with Gasteiger partial charge in [0.25, 0.3) is 0 Å². The Kier molecular flexibility index (Phi) is 13.1. The Bertz CT molecular complexity index is 165. The van der Waals surface area contributed by atoms with Gasteiger partial charge in [0.15, 0.2) is 0 Å². The number of rotatable bonds is 10. The van der Waals surface area contributed by atoms with Crippen LogP contribution in [0.15, 0.2) is 0 Å². The second kappa shape index (κ2) is 13.1. The Balaban J connectivity index is 2.96. The van der Waals surface area contributed by atoms with E-state index in [2.05, 4.69) is 27.9 Å². The van der Waals surface area contributed by atoms with Gasteiger partial charge in [0.2, 0.25) is 0 Å². The average molecular weight is 341 g/mol. The van der Waals surface area contributed by atoms with Gasteiger partial charge in [-0.2, -0.15) is 0 Å². The number of alkyl halides is 1. The second-order valence-corrected chi connectivity index (χ2v) is 4.98. The molecule has 0 atom stereocenters. The van der Waals surface area contributed by atoms with Gasteiger partial charge in [-0.1, -0.05) is 61.1 Å². The van der Waals surface area contributed by atoms with Crippen LogP contribution in [0, 0.1) is 0 Å². The van der Waals surface area contributed by atoms with Gasteiger partial charge in [0, 0.05) is 7.05 Å². The van der Waals surface area contributed by atoms with E-state index in [0.29, 0.717) is 6.61 Å². The first-order valence-corrected chi connectivity index (χ1v) is 7.74. The summed E-state index contributed by atoms with van der Waals surface area (Å²) in [5.74, 6) is 0. The van der Waals surface area contributed by atoms with Crippen molar-refractivity contribution in [2.24, 2.45) is 0 Å². The van der Waals surface area contributed by atoms with Crippen molar-refractivity contribution in [3.8, 4) is 0 Å². The first-order valence-electron chi connectivity index (χ1n) is 6.21. The molecule has 0 aliphatic heterocycles. The van der Waals surface area contributed by atoms with Crippen LogP contribution in [0.25, 0.3) is 0 Å². The summed E-state index contributed by atoms with van der Waals surface area (Å²) in [5, 5.41) is 2.43. The van der Waals surface area contributed by atoms with Gasteiger partial charge in [-0.05, 0) is 17.3 Å². The van der Waals surface area contributed by atoms with Crippen molar-refractivity contribution in [1.82, 2.24) is 5.32 Å². The lowest BCUT2D eigenvalue weighted by Crippen LogP contribution is -2.19. The molecule has 0 aliphatic rings. The number of unbranched alkanes of at least 4 members (excludes halogenated alkanes) is 7. The third-order valence-electron chi connectivity index (χ3n) is 2.47. The lowest BCUT2D eigenvalue weighted by Gasteiger charge is -2.03. The summed E-state index contributed by atoms with van der Waals surface area (Å²) in [6, 6.07) is 0. The minimum absolute atomic E-state index is 0.321. The van der Waals surface area contributed by atoms with Crippen LogP contribution in [0.1, 0.15) is 51.4 Å². The van der Waals surface area contributed by atoms with Gasteiger partial charge in [-0.25, -0.2) is 4.79 Å². The summed E-state index contributed by atoms with van der Waals surface area (Å²) in [5.41, 5.74) is 0. The van der Waals surface area contributed by atoms with Gasteiger partial charge in [-0.15, -0.1) is 0 Å². The number of hydrogen-bond donors (Lipinski definition) is 1. The minimum Gasteiger partial charge on any atom is -0.450 e. The molecule has 0 bridgehead atoms. The highest BCUT2D eigenvalue weighted by molar-refractivity contribution is 14.1. The Hall–Kier alpha value is 0. The normalized spacial score (nSPS) is 10.1. The molecule has 0 heterocycles. The average Bonchev–Trinajstić information content (AvgIpc) is 2.31. The van der Waals surface area contributed by atoms with E-state index in [0.717, 1.165) is 6.42 Å². The van der Waals surface area contributed by atoms with E-state index >= 15 is 0 Å². The molecule has 0 rings (SSSR count). The summed E-state index contributed by atoms with van der Waals surface area (Å²) in [6.45, 7) is 0.550. The highest BCUT2D eigenvalue weighted by Crippen LogP contribution is 2.09. The molecule has 0 aliphatic carbocycles. The van der Waals surface area contributed by atoms with Crippen molar-refractivity contribution in [3.05, 3.63) is 0 Å². The molecule has 1 amide bonds.